The third kappa shape index (κ3) is 4.24. The molecular formula is C17H24N4O. The van der Waals surface area contributed by atoms with E-state index in [1.807, 2.05) is 24.3 Å². The van der Waals surface area contributed by atoms with E-state index in [4.69, 9.17) is 0 Å². The average Bonchev–Trinajstić information content (AvgIpc) is 2.52. The third-order valence-electron chi connectivity index (χ3n) is 3.31. The van der Waals surface area contributed by atoms with Crippen molar-refractivity contribution < 1.29 is 5.11 Å². The maximum Gasteiger partial charge on any atom is 0.180 e. The fraction of sp³-hybridized carbons (Fsp3) is 0.471. The van der Waals surface area contributed by atoms with Crippen molar-refractivity contribution >= 4 is 5.82 Å². The monoisotopic (exact) mass is 300 g/mol. The molecule has 2 rings (SSSR count). The van der Waals surface area contributed by atoms with Crippen LogP contribution < -0.4 is 4.90 Å². The van der Waals surface area contributed by atoms with Gasteiger partial charge in [-0.15, -0.1) is 0 Å². The van der Waals surface area contributed by atoms with Crippen LogP contribution in [0.2, 0.25) is 0 Å². The highest BCUT2D eigenvalue weighted by Gasteiger charge is 2.19. The smallest absolute Gasteiger partial charge is 0.180 e. The second kappa shape index (κ2) is 6.83. The minimum atomic E-state index is -0.779. The largest absolute Gasteiger partial charge is 0.389 e. The molecule has 0 amide bonds. The summed E-state index contributed by atoms with van der Waals surface area (Å²) in [5.41, 5.74) is 0.955. The molecule has 5 heteroatoms. The van der Waals surface area contributed by atoms with Crippen molar-refractivity contribution in [2.45, 2.75) is 39.7 Å². The zero-order valence-corrected chi connectivity index (χ0v) is 13.7. The van der Waals surface area contributed by atoms with Crippen LogP contribution in [-0.2, 0) is 6.42 Å². The molecule has 2 heterocycles. The molecule has 0 bridgehead atoms. The van der Waals surface area contributed by atoms with Crippen molar-refractivity contribution in [2.75, 3.05) is 18.0 Å². The van der Waals surface area contributed by atoms with Gasteiger partial charge in [0.2, 0.25) is 0 Å². The molecule has 0 aliphatic heterocycles. The van der Waals surface area contributed by atoms with Crippen molar-refractivity contribution in [1.82, 2.24) is 15.0 Å². The molecule has 0 radical (unpaired) electrons. The predicted molar refractivity (Wildman–Crippen MR) is 88.8 cm³/mol. The van der Waals surface area contributed by atoms with Crippen LogP contribution in [0.25, 0.3) is 11.5 Å². The zero-order valence-electron chi connectivity index (χ0n) is 13.7. The van der Waals surface area contributed by atoms with Crippen LogP contribution in [0.1, 0.15) is 33.4 Å². The summed E-state index contributed by atoms with van der Waals surface area (Å²) in [6.45, 7) is 9.02. The second-order valence-electron chi connectivity index (χ2n) is 5.94. The Kier molecular flexibility index (Phi) is 5.08. The van der Waals surface area contributed by atoms with Crippen LogP contribution in [0.3, 0.4) is 0 Å². The Hall–Kier alpha value is -2.01. The fourth-order valence-corrected chi connectivity index (χ4v) is 2.26. The molecule has 1 N–H and O–H groups in total. The van der Waals surface area contributed by atoms with Crippen molar-refractivity contribution in [1.29, 1.82) is 0 Å². The summed E-state index contributed by atoms with van der Waals surface area (Å²) in [7, 11) is 0. The highest BCUT2D eigenvalue weighted by molar-refractivity contribution is 5.53. The number of anilines is 1. The molecule has 0 unspecified atom stereocenters. The number of hydrogen-bond acceptors (Lipinski definition) is 5. The van der Waals surface area contributed by atoms with Crippen LogP contribution in [0, 0.1) is 0 Å². The number of pyridine rings is 1. The summed E-state index contributed by atoms with van der Waals surface area (Å²) in [5.74, 6) is 1.46. The average molecular weight is 300 g/mol. The minimum Gasteiger partial charge on any atom is -0.389 e. The van der Waals surface area contributed by atoms with Crippen molar-refractivity contribution in [2.24, 2.45) is 0 Å². The van der Waals surface area contributed by atoms with Gasteiger partial charge in [0.15, 0.2) is 5.82 Å². The Labute approximate surface area is 132 Å². The number of aromatic nitrogens is 3. The first-order valence-corrected chi connectivity index (χ1v) is 7.69. The summed E-state index contributed by atoms with van der Waals surface area (Å²) >= 11 is 0. The molecule has 0 aromatic carbocycles. The van der Waals surface area contributed by atoms with Gasteiger partial charge in [-0.1, -0.05) is 13.0 Å². The van der Waals surface area contributed by atoms with Gasteiger partial charge in [0, 0.05) is 31.0 Å². The fourth-order valence-electron chi connectivity index (χ4n) is 2.26. The predicted octanol–water partition coefficient (Wildman–Crippen LogP) is 2.70. The molecule has 118 valence electrons. The minimum absolute atomic E-state index is 0.519. The molecule has 2 aromatic rings. The van der Waals surface area contributed by atoms with E-state index in [-0.39, 0.29) is 0 Å². The maximum absolute atomic E-state index is 10.1. The van der Waals surface area contributed by atoms with E-state index in [2.05, 4.69) is 33.7 Å². The van der Waals surface area contributed by atoms with E-state index in [0.717, 1.165) is 30.2 Å². The molecule has 2 aromatic heterocycles. The number of nitrogens with zero attached hydrogens (tertiary/aromatic N) is 4. The first kappa shape index (κ1) is 16.4. The summed E-state index contributed by atoms with van der Waals surface area (Å²) in [4.78, 5) is 15.6. The highest BCUT2D eigenvalue weighted by atomic mass is 16.3. The molecule has 0 aliphatic rings. The standard InChI is InChI=1S/C17H24N4O/c1-5-13-11-15(21(6-2)12-17(3,4)22)20-16(19-13)14-9-7-8-10-18-14/h7-11,22H,5-6,12H2,1-4H3. The number of rotatable bonds is 6. The summed E-state index contributed by atoms with van der Waals surface area (Å²) in [6, 6.07) is 7.70. The van der Waals surface area contributed by atoms with Crippen LogP contribution in [0.5, 0.6) is 0 Å². The molecule has 0 fully saturated rings. The molecule has 22 heavy (non-hydrogen) atoms. The first-order chi connectivity index (χ1) is 10.4. The van der Waals surface area contributed by atoms with Crippen LogP contribution in [0.15, 0.2) is 30.5 Å². The molecule has 0 saturated heterocycles. The topological polar surface area (TPSA) is 62.1 Å². The normalized spacial score (nSPS) is 11.5. The van der Waals surface area contributed by atoms with Gasteiger partial charge in [-0.3, -0.25) is 4.98 Å². The lowest BCUT2D eigenvalue weighted by Gasteiger charge is -2.29. The van der Waals surface area contributed by atoms with E-state index in [0.29, 0.717) is 12.4 Å². The lowest BCUT2D eigenvalue weighted by atomic mass is 10.1. The van der Waals surface area contributed by atoms with Gasteiger partial charge < -0.3 is 10.0 Å². The van der Waals surface area contributed by atoms with E-state index in [9.17, 15) is 5.11 Å². The molecule has 0 saturated carbocycles. The van der Waals surface area contributed by atoms with Gasteiger partial charge in [0.05, 0.1) is 5.60 Å². The summed E-state index contributed by atoms with van der Waals surface area (Å²) < 4.78 is 0. The molecule has 5 nitrogen and oxygen atoms in total. The van der Waals surface area contributed by atoms with Gasteiger partial charge >= 0.3 is 0 Å². The quantitative estimate of drug-likeness (QED) is 0.888. The van der Waals surface area contributed by atoms with Gasteiger partial charge in [-0.05, 0) is 39.3 Å². The SMILES string of the molecule is CCc1cc(N(CC)CC(C)(C)O)nc(-c2ccccn2)n1. The Morgan fingerprint density at radius 2 is 1.95 bits per heavy atom. The Balaban J connectivity index is 2.43. The second-order valence-corrected chi connectivity index (χ2v) is 5.94. The molecule has 0 atom stereocenters. The molecule has 0 aliphatic carbocycles. The summed E-state index contributed by atoms with van der Waals surface area (Å²) in [5, 5.41) is 10.1. The zero-order chi connectivity index (χ0) is 16.2. The van der Waals surface area contributed by atoms with Crippen molar-refractivity contribution in [3.63, 3.8) is 0 Å². The van der Waals surface area contributed by atoms with Crippen LogP contribution >= 0.6 is 0 Å². The summed E-state index contributed by atoms with van der Waals surface area (Å²) in [6.07, 6.45) is 2.57. The highest BCUT2D eigenvalue weighted by Crippen LogP contribution is 2.20. The Morgan fingerprint density at radius 3 is 2.50 bits per heavy atom. The molecule has 0 spiro atoms. The van der Waals surface area contributed by atoms with Gasteiger partial charge in [-0.25, -0.2) is 9.97 Å². The Bertz CT molecular complexity index is 608. The first-order valence-electron chi connectivity index (χ1n) is 7.69. The number of hydrogen-bond donors (Lipinski definition) is 1. The third-order valence-corrected chi connectivity index (χ3v) is 3.31. The maximum atomic E-state index is 10.1. The van der Waals surface area contributed by atoms with E-state index < -0.39 is 5.60 Å². The van der Waals surface area contributed by atoms with E-state index in [1.165, 1.54) is 0 Å². The lowest BCUT2D eigenvalue weighted by molar-refractivity contribution is 0.0874. The van der Waals surface area contributed by atoms with Crippen LogP contribution in [-0.4, -0.2) is 38.7 Å². The van der Waals surface area contributed by atoms with E-state index >= 15 is 0 Å². The van der Waals surface area contributed by atoms with Crippen molar-refractivity contribution in [3.8, 4) is 11.5 Å². The number of aliphatic hydroxyl groups is 1. The van der Waals surface area contributed by atoms with Gasteiger partial charge in [0.25, 0.3) is 0 Å². The number of likely N-dealkylation sites (N-methyl/N-ethyl adjacent to an activating group) is 1. The van der Waals surface area contributed by atoms with Gasteiger partial charge in [0.1, 0.15) is 11.5 Å². The van der Waals surface area contributed by atoms with Gasteiger partial charge in [-0.2, -0.15) is 0 Å². The van der Waals surface area contributed by atoms with E-state index in [1.54, 1.807) is 20.0 Å². The Morgan fingerprint density at radius 1 is 1.18 bits per heavy atom. The van der Waals surface area contributed by atoms with Crippen LogP contribution in [0.4, 0.5) is 5.82 Å². The molecular weight excluding hydrogens is 276 g/mol. The lowest BCUT2D eigenvalue weighted by Crippen LogP contribution is -2.39. The van der Waals surface area contributed by atoms with Crippen molar-refractivity contribution in [3.05, 3.63) is 36.2 Å². The number of aryl methyl sites for hydroxylation is 1.